The van der Waals surface area contributed by atoms with Gasteiger partial charge in [-0.2, -0.15) is 0 Å². The van der Waals surface area contributed by atoms with E-state index in [0.717, 1.165) is 22.4 Å². The molecule has 0 amide bonds. The van der Waals surface area contributed by atoms with Crippen LogP contribution in [0.1, 0.15) is 49.4 Å². The molecule has 0 aromatic heterocycles. The standard InChI is InChI=1S/C26H29NO2S/c1-19-11-14-22(15-12-19)30(28,29)27-24-16-13-20(2)17-23(24)26(5,18-25(27,3)4)21-9-7-6-8-10-21/h6-17H,18H2,1-5H3/t26-/m1/s1. The van der Waals surface area contributed by atoms with Gasteiger partial charge in [-0.1, -0.05) is 72.6 Å². The molecule has 3 aromatic carbocycles. The van der Waals surface area contributed by atoms with Crippen LogP contribution in [0.4, 0.5) is 5.69 Å². The first-order chi connectivity index (χ1) is 14.1. The number of benzene rings is 3. The zero-order valence-corrected chi connectivity index (χ0v) is 19.1. The minimum absolute atomic E-state index is 0.286. The quantitative estimate of drug-likeness (QED) is 0.523. The highest BCUT2D eigenvalue weighted by Gasteiger charge is 2.50. The fourth-order valence-electron chi connectivity index (χ4n) is 4.96. The number of anilines is 1. The summed E-state index contributed by atoms with van der Waals surface area (Å²) in [5.41, 5.74) is 4.31. The molecule has 1 aliphatic heterocycles. The minimum Gasteiger partial charge on any atom is -0.260 e. The smallest absolute Gasteiger partial charge is 0.260 e. The third-order valence-corrected chi connectivity index (χ3v) is 8.31. The number of fused-ring (bicyclic) bond motifs is 1. The topological polar surface area (TPSA) is 37.4 Å². The van der Waals surface area contributed by atoms with Crippen LogP contribution in [0.2, 0.25) is 0 Å². The molecule has 0 saturated carbocycles. The van der Waals surface area contributed by atoms with E-state index in [1.807, 2.05) is 51.1 Å². The molecule has 0 aliphatic carbocycles. The normalized spacial score (nSPS) is 20.6. The van der Waals surface area contributed by atoms with Gasteiger partial charge in [0, 0.05) is 5.41 Å². The predicted octanol–water partition coefficient (Wildman–Crippen LogP) is 5.99. The van der Waals surface area contributed by atoms with Crippen LogP contribution in [0.5, 0.6) is 0 Å². The van der Waals surface area contributed by atoms with E-state index in [0.29, 0.717) is 11.3 Å². The monoisotopic (exact) mass is 419 g/mol. The minimum atomic E-state index is -3.71. The van der Waals surface area contributed by atoms with Gasteiger partial charge in [-0.15, -0.1) is 0 Å². The van der Waals surface area contributed by atoms with E-state index in [1.165, 1.54) is 5.56 Å². The van der Waals surface area contributed by atoms with Crippen molar-refractivity contribution in [2.75, 3.05) is 4.31 Å². The van der Waals surface area contributed by atoms with E-state index >= 15 is 0 Å². The number of rotatable bonds is 3. The lowest BCUT2D eigenvalue weighted by atomic mass is 9.66. The highest BCUT2D eigenvalue weighted by Crippen LogP contribution is 2.52. The van der Waals surface area contributed by atoms with Gasteiger partial charge in [0.2, 0.25) is 0 Å². The SMILES string of the molecule is Cc1ccc(S(=O)(=O)N2c3ccc(C)cc3[C@@](C)(c3ccccc3)CC2(C)C)cc1. The van der Waals surface area contributed by atoms with Gasteiger partial charge in [-0.25, -0.2) is 8.42 Å². The van der Waals surface area contributed by atoms with Crippen molar-refractivity contribution in [1.82, 2.24) is 0 Å². The molecule has 0 bridgehead atoms. The Balaban J connectivity index is 1.97. The van der Waals surface area contributed by atoms with Gasteiger partial charge in [0.25, 0.3) is 10.0 Å². The molecule has 0 N–H and O–H groups in total. The predicted molar refractivity (Wildman–Crippen MR) is 124 cm³/mol. The lowest BCUT2D eigenvalue weighted by Gasteiger charge is -2.51. The number of aryl methyl sites for hydroxylation is 2. The molecule has 156 valence electrons. The molecule has 3 aromatic rings. The van der Waals surface area contributed by atoms with Gasteiger partial charge in [0.1, 0.15) is 0 Å². The molecule has 3 nitrogen and oxygen atoms in total. The van der Waals surface area contributed by atoms with Crippen LogP contribution in [0.3, 0.4) is 0 Å². The first-order valence-electron chi connectivity index (χ1n) is 10.3. The molecular weight excluding hydrogens is 390 g/mol. The van der Waals surface area contributed by atoms with Crippen molar-refractivity contribution >= 4 is 15.7 Å². The third kappa shape index (κ3) is 3.24. The molecule has 4 rings (SSSR count). The first-order valence-corrected chi connectivity index (χ1v) is 11.8. The maximum atomic E-state index is 13.8. The van der Waals surface area contributed by atoms with E-state index in [4.69, 9.17) is 0 Å². The van der Waals surface area contributed by atoms with Gasteiger partial charge in [0.15, 0.2) is 0 Å². The van der Waals surface area contributed by atoms with Gasteiger partial charge in [-0.05, 0) is 63.4 Å². The number of sulfonamides is 1. The second-order valence-electron chi connectivity index (χ2n) is 9.29. The van der Waals surface area contributed by atoms with E-state index in [2.05, 4.69) is 44.2 Å². The summed E-state index contributed by atoms with van der Waals surface area (Å²) < 4.78 is 29.3. The van der Waals surface area contributed by atoms with Crippen molar-refractivity contribution in [2.45, 2.75) is 56.9 Å². The number of hydrogen-bond donors (Lipinski definition) is 0. The van der Waals surface area contributed by atoms with Crippen LogP contribution in [0, 0.1) is 13.8 Å². The average Bonchev–Trinajstić information content (AvgIpc) is 2.69. The fraction of sp³-hybridized carbons (Fsp3) is 0.308. The molecule has 1 atom stereocenters. The van der Waals surface area contributed by atoms with Gasteiger partial charge < -0.3 is 0 Å². The van der Waals surface area contributed by atoms with E-state index in [-0.39, 0.29) is 5.41 Å². The molecule has 0 saturated heterocycles. The summed E-state index contributed by atoms with van der Waals surface area (Å²) in [6.45, 7) is 10.3. The summed E-state index contributed by atoms with van der Waals surface area (Å²) in [5, 5.41) is 0. The van der Waals surface area contributed by atoms with Gasteiger partial charge in [-0.3, -0.25) is 4.31 Å². The lowest BCUT2D eigenvalue weighted by Crippen LogP contribution is -2.55. The van der Waals surface area contributed by atoms with Crippen molar-refractivity contribution in [1.29, 1.82) is 0 Å². The Bertz CT molecular complexity index is 1180. The number of hydrogen-bond acceptors (Lipinski definition) is 2. The van der Waals surface area contributed by atoms with E-state index < -0.39 is 15.6 Å². The summed E-state index contributed by atoms with van der Waals surface area (Å²) in [7, 11) is -3.71. The molecule has 0 spiro atoms. The van der Waals surface area contributed by atoms with Crippen molar-refractivity contribution in [2.24, 2.45) is 0 Å². The summed E-state index contributed by atoms with van der Waals surface area (Å²) in [4.78, 5) is 0.330. The lowest BCUT2D eigenvalue weighted by molar-refractivity contribution is 0.351. The Morgan fingerprint density at radius 2 is 1.40 bits per heavy atom. The highest BCUT2D eigenvalue weighted by molar-refractivity contribution is 7.93. The van der Waals surface area contributed by atoms with E-state index in [9.17, 15) is 8.42 Å². The summed E-state index contributed by atoms with van der Waals surface area (Å²) in [6.07, 6.45) is 0.686. The Morgan fingerprint density at radius 1 is 0.800 bits per heavy atom. The van der Waals surface area contributed by atoms with Crippen LogP contribution in [0.25, 0.3) is 0 Å². The molecular formula is C26H29NO2S. The third-order valence-electron chi connectivity index (χ3n) is 6.27. The largest absolute Gasteiger partial charge is 0.264 e. The van der Waals surface area contributed by atoms with Gasteiger partial charge in [0.05, 0.1) is 16.1 Å². The van der Waals surface area contributed by atoms with Crippen molar-refractivity contribution in [3.05, 3.63) is 95.1 Å². The first kappa shape index (κ1) is 20.7. The zero-order chi connectivity index (χ0) is 21.7. The molecule has 1 aliphatic rings. The van der Waals surface area contributed by atoms with Crippen LogP contribution in [-0.4, -0.2) is 14.0 Å². The fourth-order valence-corrected chi connectivity index (χ4v) is 6.79. The van der Waals surface area contributed by atoms with Gasteiger partial charge >= 0.3 is 0 Å². The summed E-state index contributed by atoms with van der Waals surface area (Å²) in [6, 6.07) is 23.7. The van der Waals surface area contributed by atoms with Crippen molar-refractivity contribution < 1.29 is 8.42 Å². The Morgan fingerprint density at radius 3 is 2.03 bits per heavy atom. The molecule has 4 heteroatoms. The molecule has 0 radical (unpaired) electrons. The summed E-state index contributed by atoms with van der Waals surface area (Å²) >= 11 is 0. The maximum Gasteiger partial charge on any atom is 0.264 e. The Hall–Kier alpha value is -2.59. The molecule has 30 heavy (non-hydrogen) atoms. The Kier molecular flexibility index (Phi) is 4.81. The zero-order valence-electron chi connectivity index (χ0n) is 18.3. The molecule has 1 heterocycles. The van der Waals surface area contributed by atoms with Crippen LogP contribution >= 0.6 is 0 Å². The second kappa shape index (κ2) is 6.98. The number of nitrogens with zero attached hydrogens (tertiary/aromatic N) is 1. The van der Waals surface area contributed by atoms with Crippen molar-refractivity contribution in [3.8, 4) is 0 Å². The van der Waals surface area contributed by atoms with Crippen LogP contribution < -0.4 is 4.31 Å². The highest BCUT2D eigenvalue weighted by atomic mass is 32.2. The second-order valence-corrected chi connectivity index (χ2v) is 11.1. The van der Waals surface area contributed by atoms with E-state index in [1.54, 1.807) is 16.4 Å². The van der Waals surface area contributed by atoms with Crippen molar-refractivity contribution in [3.63, 3.8) is 0 Å². The van der Waals surface area contributed by atoms with Crippen LogP contribution in [-0.2, 0) is 15.4 Å². The molecule has 0 fully saturated rings. The Labute approximate surface area is 180 Å². The summed E-state index contributed by atoms with van der Waals surface area (Å²) in [5.74, 6) is 0. The molecule has 0 unspecified atom stereocenters. The maximum absolute atomic E-state index is 13.8. The average molecular weight is 420 g/mol. The van der Waals surface area contributed by atoms with Crippen LogP contribution in [0.15, 0.2) is 77.7 Å².